The van der Waals surface area contributed by atoms with Crippen molar-refractivity contribution in [2.24, 2.45) is 0 Å². The molecular formula is C21H20ClN3O3. The van der Waals surface area contributed by atoms with Crippen LogP contribution in [0, 0.1) is 0 Å². The molecule has 6 nitrogen and oxygen atoms in total. The number of amides is 1. The van der Waals surface area contributed by atoms with Crippen molar-refractivity contribution in [3.05, 3.63) is 65.0 Å². The molecule has 28 heavy (non-hydrogen) atoms. The first kappa shape index (κ1) is 18.5. The van der Waals surface area contributed by atoms with E-state index >= 15 is 0 Å². The second-order valence-electron chi connectivity index (χ2n) is 6.71. The van der Waals surface area contributed by atoms with Gasteiger partial charge in [0, 0.05) is 12.1 Å². The molecule has 1 aliphatic rings. The molecule has 0 radical (unpaired) electrons. The number of likely N-dealkylation sites (tertiary alicyclic amines) is 1. The zero-order valence-corrected chi connectivity index (χ0v) is 16.2. The normalized spacial score (nSPS) is 16.4. The molecule has 1 atom stereocenters. The highest BCUT2D eigenvalue weighted by Crippen LogP contribution is 2.33. The fourth-order valence-electron chi connectivity index (χ4n) is 3.49. The number of nitrogens with zero attached hydrogens (tertiary/aromatic N) is 3. The van der Waals surface area contributed by atoms with Crippen molar-refractivity contribution in [2.45, 2.75) is 25.3 Å². The van der Waals surface area contributed by atoms with E-state index in [1.54, 1.807) is 19.2 Å². The van der Waals surface area contributed by atoms with E-state index in [4.69, 9.17) is 20.9 Å². The average Bonchev–Trinajstić information content (AvgIpc) is 3.38. The molecule has 144 valence electrons. The fraction of sp³-hybridized carbons (Fsp3) is 0.286. The summed E-state index contributed by atoms with van der Waals surface area (Å²) in [6.45, 7) is 0.677. The standard InChI is InChI=1S/C21H20ClN3O3/c1-27-18-10-9-14(12-16(18)22)13-19(26)25-11-5-8-17(25)21-23-20(24-28-21)15-6-3-2-4-7-15/h2-4,6-7,9-10,12,17H,5,8,11,13H2,1H3/t17-/m0/s1. The summed E-state index contributed by atoms with van der Waals surface area (Å²) >= 11 is 6.18. The molecule has 1 fully saturated rings. The maximum absolute atomic E-state index is 12.9. The summed E-state index contributed by atoms with van der Waals surface area (Å²) in [5.41, 5.74) is 1.73. The van der Waals surface area contributed by atoms with Gasteiger partial charge in [-0.2, -0.15) is 4.98 Å². The molecule has 0 aliphatic carbocycles. The van der Waals surface area contributed by atoms with Gasteiger partial charge in [0.1, 0.15) is 11.8 Å². The van der Waals surface area contributed by atoms with Crippen molar-refractivity contribution in [3.8, 4) is 17.1 Å². The van der Waals surface area contributed by atoms with Crippen molar-refractivity contribution in [1.82, 2.24) is 15.0 Å². The first-order valence-electron chi connectivity index (χ1n) is 9.16. The van der Waals surface area contributed by atoms with Crippen molar-refractivity contribution in [3.63, 3.8) is 0 Å². The summed E-state index contributed by atoms with van der Waals surface area (Å²) in [7, 11) is 1.56. The lowest BCUT2D eigenvalue weighted by Gasteiger charge is -2.22. The Morgan fingerprint density at radius 3 is 2.86 bits per heavy atom. The van der Waals surface area contributed by atoms with Crippen LogP contribution < -0.4 is 4.74 Å². The van der Waals surface area contributed by atoms with Crippen LogP contribution >= 0.6 is 11.6 Å². The van der Waals surface area contributed by atoms with Gasteiger partial charge >= 0.3 is 0 Å². The zero-order chi connectivity index (χ0) is 19.5. The Morgan fingerprint density at radius 2 is 2.11 bits per heavy atom. The second kappa shape index (κ2) is 8.02. The van der Waals surface area contributed by atoms with Gasteiger partial charge in [-0.25, -0.2) is 0 Å². The molecule has 1 aliphatic heterocycles. The maximum atomic E-state index is 12.9. The number of aromatic nitrogens is 2. The van der Waals surface area contributed by atoms with Crippen molar-refractivity contribution in [2.75, 3.05) is 13.7 Å². The molecule has 4 rings (SSSR count). The van der Waals surface area contributed by atoms with Crippen molar-refractivity contribution in [1.29, 1.82) is 0 Å². The van der Waals surface area contributed by atoms with E-state index in [0.29, 0.717) is 29.0 Å². The quantitative estimate of drug-likeness (QED) is 0.641. The molecule has 2 aromatic carbocycles. The van der Waals surface area contributed by atoms with E-state index in [2.05, 4.69) is 10.1 Å². The average molecular weight is 398 g/mol. The van der Waals surface area contributed by atoms with Crippen LogP contribution in [0.4, 0.5) is 0 Å². The SMILES string of the molecule is COc1ccc(CC(=O)N2CCC[C@H]2c2nc(-c3ccccc3)no2)cc1Cl. The topological polar surface area (TPSA) is 68.5 Å². The summed E-state index contributed by atoms with van der Waals surface area (Å²) in [4.78, 5) is 19.3. The van der Waals surface area contributed by atoms with Gasteiger partial charge in [0.25, 0.3) is 0 Å². The third-order valence-electron chi connectivity index (χ3n) is 4.90. The first-order chi connectivity index (χ1) is 13.7. The van der Waals surface area contributed by atoms with Crippen LogP contribution in [0.5, 0.6) is 5.75 Å². The van der Waals surface area contributed by atoms with Crippen molar-refractivity contribution < 1.29 is 14.1 Å². The number of ether oxygens (including phenoxy) is 1. The molecule has 1 amide bonds. The lowest BCUT2D eigenvalue weighted by Crippen LogP contribution is -2.32. The van der Waals surface area contributed by atoms with Gasteiger partial charge in [-0.1, -0.05) is 53.2 Å². The molecule has 7 heteroatoms. The molecular weight excluding hydrogens is 378 g/mol. The Bertz CT molecular complexity index is 974. The summed E-state index contributed by atoms with van der Waals surface area (Å²) in [6, 6.07) is 14.9. The van der Waals surface area contributed by atoms with Gasteiger partial charge in [-0.3, -0.25) is 4.79 Å². The van der Waals surface area contributed by atoms with Crippen LogP contribution in [0.25, 0.3) is 11.4 Å². The predicted octanol–water partition coefficient (Wildman–Crippen LogP) is 4.30. The van der Waals surface area contributed by atoms with E-state index in [9.17, 15) is 4.79 Å². The van der Waals surface area contributed by atoms with Crippen molar-refractivity contribution >= 4 is 17.5 Å². The van der Waals surface area contributed by atoms with Crippen LogP contribution in [-0.4, -0.2) is 34.6 Å². The molecule has 0 saturated carbocycles. The predicted molar refractivity (Wildman–Crippen MR) is 105 cm³/mol. The van der Waals surface area contributed by atoms with Crippen LogP contribution in [0.3, 0.4) is 0 Å². The highest BCUT2D eigenvalue weighted by atomic mass is 35.5. The molecule has 0 unspecified atom stereocenters. The summed E-state index contributed by atoms with van der Waals surface area (Å²) in [5.74, 6) is 1.63. The lowest BCUT2D eigenvalue weighted by atomic mass is 10.1. The monoisotopic (exact) mass is 397 g/mol. The third-order valence-corrected chi connectivity index (χ3v) is 5.20. The molecule has 1 saturated heterocycles. The van der Waals surface area contributed by atoms with Crippen LogP contribution in [0.1, 0.15) is 30.3 Å². The number of carbonyl (C=O) groups is 1. The number of carbonyl (C=O) groups excluding carboxylic acids is 1. The zero-order valence-electron chi connectivity index (χ0n) is 15.5. The number of hydrogen-bond acceptors (Lipinski definition) is 5. The van der Waals surface area contributed by atoms with Gasteiger partial charge in [-0.15, -0.1) is 0 Å². The van der Waals surface area contributed by atoms with Crippen LogP contribution in [0.15, 0.2) is 53.1 Å². The second-order valence-corrected chi connectivity index (χ2v) is 7.12. The molecule has 3 aromatic rings. The lowest BCUT2D eigenvalue weighted by molar-refractivity contribution is -0.131. The molecule has 2 heterocycles. The summed E-state index contributed by atoms with van der Waals surface area (Å²) < 4.78 is 10.7. The van der Waals surface area contributed by atoms with Crippen LogP contribution in [0.2, 0.25) is 5.02 Å². The van der Waals surface area contributed by atoms with Gasteiger partial charge in [0.15, 0.2) is 0 Å². The van der Waals surface area contributed by atoms with Gasteiger partial charge in [0.05, 0.1) is 18.6 Å². The van der Waals surface area contributed by atoms with Gasteiger partial charge in [-0.05, 0) is 30.5 Å². The van der Waals surface area contributed by atoms with Gasteiger partial charge in [0.2, 0.25) is 17.6 Å². The molecule has 0 N–H and O–H groups in total. The Hall–Kier alpha value is -2.86. The largest absolute Gasteiger partial charge is 0.495 e. The third kappa shape index (κ3) is 3.73. The Morgan fingerprint density at radius 1 is 1.29 bits per heavy atom. The maximum Gasteiger partial charge on any atom is 0.249 e. The van der Waals surface area contributed by atoms with Crippen LogP contribution in [-0.2, 0) is 11.2 Å². The van der Waals surface area contributed by atoms with E-state index in [0.717, 1.165) is 24.0 Å². The number of rotatable bonds is 5. The van der Waals surface area contributed by atoms with E-state index in [1.165, 1.54) is 0 Å². The minimum atomic E-state index is -0.189. The minimum Gasteiger partial charge on any atom is -0.495 e. The van der Waals surface area contributed by atoms with E-state index in [1.807, 2.05) is 41.3 Å². The first-order valence-corrected chi connectivity index (χ1v) is 9.54. The Labute approximate surface area is 168 Å². The Balaban J connectivity index is 1.50. The number of hydrogen-bond donors (Lipinski definition) is 0. The van der Waals surface area contributed by atoms with E-state index in [-0.39, 0.29) is 18.4 Å². The number of methoxy groups -OCH3 is 1. The molecule has 1 aromatic heterocycles. The Kier molecular flexibility index (Phi) is 5.30. The summed E-state index contributed by atoms with van der Waals surface area (Å²) in [6.07, 6.45) is 1.98. The molecule has 0 spiro atoms. The smallest absolute Gasteiger partial charge is 0.249 e. The fourth-order valence-corrected chi connectivity index (χ4v) is 3.77. The highest BCUT2D eigenvalue weighted by molar-refractivity contribution is 6.32. The number of halogens is 1. The number of benzene rings is 2. The highest BCUT2D eigenvalue weighted by Gasteiger charge is 2.34. The molecule has 0 bridgehead atoms. The van der Waals surface area contributed by atoms with Gasteiger partial charge < -0.3 is 14.2 Å². The minimum absolute atomic E-state index is 0.0168. The van der Waals surface area contributed by atoms with E-state index < -0.39 is 0 Å². The summed E-state index contributed by atoms with van der Waals surface area (Å²) in [5, 5.41) is 4.58.